The van der Waals surface area contributed by atoms with E-state index in [2.05, 4.69) is 43.3 Å². The largest absolute Gasteiger partial charge is 4.00 e. The zero-order valence-electron chi connectivity index (χ0n) is 12.0. The van der Waals surface area contributed by atoms with Gasteiger partial charge >= 0.3 is 21.7 Å². The fourth-order valence-electron chi connectivity index (χ4n) is 2.83. The van der Waals surface area contributed by atoms with Gasteiger partial charge in [0.15, 0.2) is 0 Å². The zero-order valence-corrected chi connectivity index (χ0v) is 16.1. The maximum absolute atomic E-state index is 2.99. The molecule has 1 aliphatic heterocycles. The Bertz CT molecular complexity index is 371. The van der Waals surface area contributed by atoms with Crippen LogP contribution in [0.4, 0.5) is 0 Å². The summed E-state index contributed by atoms with van der Waals surface area (Å²) in [6.07, 6.45) is 12.9. The zero-order chi connectivity index (χ0) is 12.0. The third-order valence-electron chi connectivity index (χ3n) is 3.90. The smallest absolute Gasteiger partial charge is 1.00 e. The summed E-state index contributed by atoms with van der Waals surface area (Å²) in [6.45, 7) is 2.33. The van der Waals surface area contributed by atoms with Crippen molar-refractivity contribution in [2.75, 3.05) is 0 Å². The standard InChI is InChI=1S/C11H17Si.C5H5.2ClH.Ti/c1-2-8-12(9-5-10-12)11-6-3-4-7-11;1-2-4-5-3-1;;;/h3-4,6-7H,2,5,8-10H2,1H3;1-3H,4H2;2*1H;/q2*-1;;;+4/p-2. The topological polar surface area (TPSA) is 0 Å². The van der Waals surface area contributed by atoms with E-state index in [-0.39, 0.29) is 46.5 Å². The van der Waals surface area contributed by atoms with Crippen molar-refractivity contribution in [3.05, 3.63) is 48.6 Å². The van der Waals surface area contributed by atoms with Crippen LogP contribution in [0.15, 0.2) is 42.5 Å². The summed E-state index contributed by atoms with van der Waals surface area (Å²) in [5.74, 6) is 0. The molecule has 2 aliphatic rings. The van der Waals surface area contributed by atoms with Crippen LogP contribution in [0.3, 0.4) is 0 Å². The van der Waals surface area contributed by atoms with Crippen molar-refractivity contribution in [1.29, 1.82) is 0 Å². The molecule has 0 amide bonds. The van der Waals surface area contributed by atoms with E-state index in [1.54, 1.807) is 17.3 Å². The first-order chi connectivity index (χ1) is 8.37. The van der Waals surface area contributed by atoms with Crippen LogP contribution in [0, 0.1) is 6.08 Å². The molecule has 0 bridgehead atoms. The van der Waals surface area contributed by atoms with Gasteiger partial charge in [-0.15, -0.1) is 6.42 Å². The average molecular weight is 361 g/mol. The van der Waals surface area contributed by atoms with Gasteiger partial charge in [0, 0.05) is 8.07 Å². The fourth-order valence-corrected chi connectivity index (χ4v) is 7.26. The van der Waals surface area contributed by atoms with E-state index in [1.807, 2.05) is 12.2 Å². The number of hydrogen-bond donors (Lipinski definition) is 0. The molecule has 0 aromatic heterocycles. The van der Waals surface area contributed by atoms with Gasteiger partial charge in [0.25, 0.3) is 0 Å². The molecule has 1 aromatic rings. The maximum Gasteiger partial charge on any atom is 4.00 e. The van der Waals surface area contributed by atoms with Gasteiger partial charge in [0.05, 0.1) is 0 Å². The number of rotatable bonds is 3. The minimum atomic E-state index is -0.867. The monoisotopic (exact) mass is 360 g/mol. The molecule has 1 fully saturated rings. The molecule has 1 heterocycles. The molecule has 4 heteroatoms. The van der Waals surface area contributed by atoms with Crippen LogP contribution in [0.2, 0.25) is 18.1 Å². The van der Waals surface area contributed by atoms with Crippen molar-refractivity contribution in [1.82, 2.24) is 0 Å². The van der Waals surface area contributed by atoms with E-state index >= 15 is 0 Å². The van der Waals surface area contributed by atoms with Gasteiger partial charge in [-0.2, -0.15) is 23.4 Å². The Morgan fingerprint density at radius 2 is 1.80 bits per heavy atom. The van der Waals surface area contributed by atoms with E-state index in [4.69, 9.17) is 0 Å². The van der Waals surface area contributed by atoms with Crippen LogP contribution in [0.1, 0.15) is 26.2 Å². The quantitative estimate of drug-likeness (QED) is 0.440. The Hall–Kier alpha value is 0.341. The third-order valence-corrected chi connectivity index (χ3v) is 9.54. The van der Waals surface area contributed by atoms with Crippen LogP contribution in [-0.2, 0) is 21.7 Å². The molecule has 0 unspecified atom stereocenters. The van der Waals surface area contributed by atoms with Gasteiger partial charge < -0.3 is 24.8 Å². The van der Waals surface area contributed by atoms with Crippen LogP contribution in [-0.4, -0.2) is 8.07 Å². The first-order valence-electron chi connectivity index (χ1n) is 6.81. The minimum absolute atomic E-state index is 0. The van der Waals surface area contributed by atoms with E-state index in [0.29, 0.717) is 0 Å². The summed E-state index contributed by atoms with van der Waals surface area (Å²) < 4.78 is 0. The minimum Gasteiger partial charge on any atom is -1.00 e. The van der Waals surface area contributed by atoms with E-state index in [1.165, 1.54) is 18.9 Å². The number of halogens is 2. The van der Waals surface area contributed by atoms with E-state index in [9.17, 15) is 0 Å². The van der Waals surface area contributed by atoms with Gasteiger partial charge in [0.2, 0.25) is 0 Å². The molecule has 1 aromatic carbocycles. The third kappa shape index (κ3) is 5.99. The molecule has 108 valence electrons. The van der Waals surface area contributed by atoms with Crippen molar-refractivity contribution in [3.8, 4) is 0 Å². The molecule has 1 aliphatic carbocycles. The molecular formula is C16H22Cl2SiTi. The van der Waals surface area contributed by atoms with Crippen LogP contribution in [0.5, 0.6) is 0 Å². The Balaban J connectivity index is 0. The van der Waals surface area contributed by atoms with Crippen molar-refractivity contribution in [3.63, 3.8) is 0 Å². The summed E-state index contributed by atoms with van der Waals surface area (Å²) in [5, 5.41) is 1.73. The predicted molar refractivity (Wildman–Crippen MR) is 78.3 cm³/mol. The van der Waals surface area contributed by atoms with Gasteiger partial charge in [-0.25, -0.2) is 24.3 Å². The van der Waals surface area contributed by atoms with E-state index < -0.39 is 8.07 Å². The van der Waals surface area contributed by atoms with Gasteiger partial charge in [-0.05, 0) is 0 Å². The van der Waals surface area contributed by atoms with E-state index in [0.717, 1.165) is 6.42 Å². The summed E-state index contributed by atoms with van der Waals surface area (Å²) in [5.41, 5.74) is 0. The summed E-state index contributed by atoms with van der Waals surface area (Å²) in [7, 11) is -0.867. The van der Waals surface area contributed by atoms with Crippen molar-refractivity contribution in [2.24, 2.45) is 0 Å². The summed E-state index contributed by atoms with van der Waals surface area (Å²) in [4.78, 5) is 0. The Morgan fingerprint density at radius 3 is 2.10 bits per heavy atom. The van der Waals surface area contributed by atoms with Gasteiger partial charge in [0.1, 0.15) is 0 Å². The second-order valence-corrected chi connectivity index (χ2v) is 9.70. The van der Waals surface area contributed by atoms with Crippen molar-refractivity contribution in [2.45, 2.75) is 44.3 Å². The Morgan fingerprint density at radius 1 is 1.15 bits per heavy atom. The normalized spacial score (nSPS) is 16.6. The van der Waals surface area contributed by atoms with Crippen molar-refractivity contribution >= 4 is 13.3 Å². The Labute approximate surface area is 152 Å². The molecule has 0 radical (unpaired) electrons. The summed E-state index contributed by atoms with van der Waals surface area (Å²) in [6, 6.07) is 13.8. The predicted octanol–water partition coefficient (Wildman–Crippen LogP) is -1.81. The second kappa shape index (κ2) is 11.9. The first-order valence-corrected chi connectivity index (χ1v) is 9.43. The van der Waals surface area contributed by atoms with Gasteiger partial charge in [-0.3, -0.25) is 6.08 Å². The molecule has 3 rings (SSSR count). The molecule has 0 saturated carbocycles. The average Bonchev–Trinajstić information content (AvgIpc) is 2.97. The van der Waals surface area contributed by atoms with Crippen molar-refractivity contribution < 1.29 is 46.5 Å². The number of hydrogen-bond acceptors (Lipinski definition) is 0. The molecule has 0 N–H and O–H groups in total. The van der Waals surface area contributed by atoms with Crippen LogP contribution >= 0.6 is 0 Å². The SMILES string of the molecule is CCC[Si]1([c-]2cccc2)CCC1.[C-]1=CC=CC1.[Cl-].[Cl-].[Ti+4]. The molecular weight excluding hydrogens is 339 g/mol. The second-order valence-electron chi connectivity index (χ2n) is 5.06. The van der Waals surface area contributed by atoms with Gasteiger partial charge in [-0.1, -0.05) is 37.9 Å². The fraction of sp³-hybridized carbons (Fsp3) is 0.438. The Kier molecular flexibility index (Phi) is 13.5. The summed E-state index contributed by atoms with van der Waals surface area (Å²) >= 11 is 0. The molecule has 20 heavy (non-hydrogen) atoms. The molecule has 0 nitrogen and oxygen atoms in total. The van der Waals surface area contributed by atoms with Crippen LogP contribution in [0.25, 0.3) is 0 Å². The van der Waals surface area contributed by atoms with Crippen LogP contribution < -0.4 is 30.0 Å². The molecule has 0 spiro atoms. The maximum atomic E-state index is 2.99. The first kappa shape index (κ1) is 22.6. The molecule has 1 saturated heterocycles. The molecule has 0 atom stereocenters. The number of allylic oxidation sites excluding steroid dienone is 4.